The van der Waals surface area contributed by atoms with Crippen molar-refractivity contribution in [2.24, 2.45) is 0 Å². The van der Waals surface area contributed by atoms with E-state index in [0.29, 0.717) is 5.75 Å². The SMILES string of the molecule is O=C(Cc1cccnc1)Oc1ccc(-c2ccc(I)cc2)cc1. The van der Waals surface area contributed by atoms with E-state index in [1.54, 1.807) is 18.5 Å². The number of ether oxygens (including phenoxy) is 1. The predicted octanol–water partition coefficient (Wildman–Crippen LogP) is 4.50. The summed E-state index contributed by atoms with van der Waals surface area (Å²) in [7, 11) is 0. The van der Waals surface area contributed by atoms with Crippen molar-refractivity contribution >= 4 is 28.6 Å². The molecule has 114 valence electrons. The van der Waals surface area contributed by atoms with Gasteiger partial charge in [0.05, 0.1) is 6.42 Å². The molecule has 3 aromatic rings. The maximum atomic E-state index is 11.9. The highest BCUT2D eigenvalue weighted by Crippen LogP contribution is 2.23. The van der Waals surface area contributed by atoms with Crippen molar-refractivity contribution in [1.29, 1.82) is 0 Å². The molecule has 0 aliphatic heterocycles. The summed E-state index contributed by atoms with van der Waals surface area (Å²) in [4.78, 5) is 15.9. The second kappa shape index (κ2) is 7.37. The monoisotopic (exact) mass is 415 g/mol. The molecule has 0 atom stereocenters. The minimum absolute atomic E-state index is 0.215. The van der Waals surface area contributed by atoms with Crippen molar-refractivity contribution in [2.45, 2.75) is 6.42 Å². The van der Waals surface area contributed by atoms with Gasteiger partial charge in [0.25, 0.3) is 0 Å². The van der Waals surface area contributed by atoms with E-state index in [1.807, 2.05) is 30.3 Å². The number of carbonyl (C=O) groups is 1. The molecule has 4 heteroatoms. The zero-order valence-electron chi connectivity index (χ0n) is 12.3. The first-order chi connectivity index (χ1) is 11.2. The van der Waals surface area contributed by atoms with Gasteiger partial charge in [-0.3, -0.25) is 9.78 Å². The number of aromatic nitrogens is 1. The van der Waals surface area contributed by atoms with Crippen LogP contribution in [-0.4, -0.2) is 11.0 Å². The highest BCUT2D eigenvalue weighted by Gasteiger charge is 2.07. The highest BCUT2D eigenvalue weighted by molar-refractivity contribution is 14.1. The van der Waals surface area contributed by atoms with Crippen LogP contribution in [-0.2, 0) is 11.2 Å². The fourth-order valence-corrected chi connectivity index (χ4v) is 2.55. The van der Waals surface area contributed by atoms with Crippen LogP contribution in [0, 0.1) is 3.57 Å². The van der Waals surface area contributed by atoms with Crippen LogP contribution in [0.2, 0.25) is 0 Å². The number of esters is 1. The van der Waals surface area contributed by atoms with Crippen LogP contribution in [0.4, 0.5) is 0 Å². The smallest absolute Gasteiger partial charge is 0.315 e. The Hall–Kier alpha value is -2.21. The standard InChI is InChI=1S/C19H14INO2/c20-17-7-3-15(4-8-17)16-5-9-18(10-6-16)23-19(22)12-14-2-1-11-21-13-14/h1-11,13H,12H2. The van der Waals surface area contributed by atoms with Gasteiger partial charge in [-0.25, -0.2) is 0 Å². The average molecular weight is 415 g/mol. The van der Waals surface area contributed by atoms with Crippen molar-refractivity contribution in [3.8, 4) is 16.9 Å². The minimum atomic E-state index is -0.292. The molecule has 1 aromatic heterocycles. The first-order valence-corrected chi connectivity index (χ1v) is 8.24. The molecule has 0 bridgehead atoms. The molecule has 0 radical (unpaired) electrons. The summed E-state index contributed by atoms with van der Waals surface area (Å²) in [5, 5.41) is 0. The van der Waals surface area contributed by atoms with E-state index in [1.165, 1.54) is 3.57 Å². The lowest BCUT2D eigenvalue weighted by Gasteiger charge is -2.06. The van der Waals surface area contributed by atoms with Crippen molar-refractivity contribution < 1.29 is 9.53 Å². The third-order valence-electron chi connectivity index (χ3n) is 3.33. The van der Waals surface area contributed by atoms with Crippen LogP contribution in [0.1, 0.15) is 5.56 Å². The molecule has 0 unspecified atom stereocenters. The minimum Gasteiger partial charge on any atom is -0.426 e. The van der Waals surface area contributed by atoms with E-state index in [0.717, 1.165) is 16.7 Å². The Morgan fingerprint density at radius 3 is 2.22 bits per heavy atom. The first kappa shape index (κ1) is 15.7. The Morgan fingerprint density at radius 1 is 0.957 bits per heavy atom. The topological polar surface area (TPSA) is 39.2 Å². The van der Waals surface area contributed by atoms with E-state index >= 15 is 0 Å². The molecule has 0 fully saturated rings. The Kier molecular flexibility index (Phi) is 5.02. The zero-order chi connectivity index (χ0) is 16.1. The summed E-state index contributed by atoms with van der Waals surface area (Å²) in [6, 6.07) is 19.5. The van der Waals surface area contributed by atoms with E-state index in [-0.39, 0.29) is 12.4 Å². The van der Waals surface area contributed by atoms with Gasteiger partial charge in [-0.15, -0.1) is 0 Å². The van der Waals surface area contributed by atoms with Crippen LogP contribution in [0.3, 0.4) is 0 Å². The van der Waals surface area contributed by atoms with Crippen molar-refractivity contribution in [1.82, 2.24) is 4.98 Å². The molecule has 0 amide bonds. The molecule has 2 aromatic carbocycles. The summed E-state index contributed by atoms with van der Waals surface area (Å²) in [5.74, 6) is 0.258. The van der Waals surface area contributed by atoms with Gasteiger partial charge < -0.3 is 4.74 Å². The van der Waals surface area contributed by atoms with Crippen molar-refractivity contribution in [3.63, 3.8) is 0 Å². The third-order valence-corrected chi connectivity index (χ3v) is 4.05. The van der Waals surface area contributed by atoms with Gasteiger partial charge in [0, 0.05) is 16.0 Å². The summed E-state index contributed by atoms with van der Waals surface area (Å²) in [5.41, 5.74) is 3.07. The molecule has 3 rings (SSSR count). The van der Waals surface area contributed by atoms with E-state index in [9.17, 15) is 4.79 Å². The largest absolute Gasteiger partial charge is 0.426 e. The number of hydrogen-bond acceptors (Lipinski definition) is 3. The predicted molar refractivity (Wildman–Crippen MR) is 98.2 cm³/mol. The van der Waals surface area contributed by atoms with Crippen molar-refractivity contribution in [2.75, 3.05) is 0 Å². The van der Waals surface area contributed by atoms with E-state index in [2.05, 4.69) is 51.8 Å². The second-order valence-corrected chi connectivity index (χ2v) is 6.29. The lowest BCUT2D eigenvalue weighted by atomic mass is 10.1. The van der Waals surface area contributed by atoms with Crippen molar-refractivity contribution in [3.05, 3.63) is 82.2 Å². The van der Waals surface area contributed by atoms with Crippen LogP contribution < -0.4 is 4.74 Å². The third kappa shape index (κ3) is 4.39. The Morgan fingerprint density at radius 2 is 1.61 bits per heavy atom. The van der Waals surface area contributed by atoms with Gasteiger partial charge in [0.1, 0.15) is 5.75 Å². The van der Waals surface area contributed by atoms with Crippen LogP contribution in [0.15, 0.2) is 73.1 Å². The van der Waals surface area contributed by atoms with Crippen LogP contribution >= 0.6 is 22.6 Å². The molecule has 0 saturated heterocycles. The molecule has 23 heavy (non-hydrogen) atoms. The number of pyridine rings is 1. The molecule has 0 aliphatic rings. The fourth-order valence-electron chi connectivity index (χ4n) is 2.19. The maximum Gasteiger partial charge on any atom is 0.315 e. The number of nitrogens with zero attached hydrogens (tertiary/aromatic N) is 1. The Labute approximate surface area is 148 Å². The summed E-state index contributed by atoms with van der Waals surface area (Å²) in [6.07, 6.45) is 3.56. The number of carbonyl (C=O) groups excluding carboxylic acids is 1. The van der Waals surface area contributed by atoms with Gasteiger partial charge in [-0.2, -0.15) is 0 Å². The molecular formula is C19H14INO2. The molecule has 1 heterocycles. The maximum absolute atomic E-state index is 11.9. The molecule has 0 saturated carbocycles. The number of benzene rings is 2. The van der Waals surface area contributed by atoms with Gasteiger partial charge in [0.2, 0.25) is 0 Å². The summed E-state index contributed by atoms with van der Waals surface area (Å²) < 4.78 is 6.56. The van der Waals surface area contributed by atoms with Gasteiger partial charge in [0.15, 0.2) is 0 Å². The fraction of sp³-hybridized carbons (Fsp3) is 0.0526. The number of hydrogen-bond donors (Lipinski definition) is 0. The Balaban J connectivity index is 1.65. The summed E-state index contributed by atoms with van der Waals surface area (Å²) >= 11 is 2.28. The van der Waals surface area contributed by atoms with Crippen LogP contribution in [0.5, 0.6) is 5.75 Å². The number of rotatable bonds is 4. The van der Waals surface area contributed by atoms with Gasteiger partial charge in [-0.05, 0) is 69.6 Å². The lowest BCUT2D eigenvalue weighted by molar-refractivity contribution is -0.133. The second-order valence-electron chi connectivity index (χ2n) is 5.04. The Bertz CT molecular complexity index is 784. The normalized spacial score (nSPS) is 10.3. The van der Waals surface area contributed by atoms with Crippen LogP contribution in [0.25, 0.3) is 11.1 Å². The molecule has 0 spiro atoms. The van der Waals surface area contributed by atoms with Gasteiger partial charge in [-0.1, -0.05) is 30.3 Å². The molecule has 0 N–H and O–H groups in total. The molecular weight excluding hydrogens is 401 g/mol. The summed E-state index contributed by atoms with van der Waals surface area (Å²) in [6.45, 7) is 0. The van der Waals surface area contributed by atoms with E-state index in [4.69, 9.17) is 4.74 Å². The van der Waals surface area contributed by atoms with E-state index < -0.39 is 0 Å². The zero-order valence-corrected chi connectivity index (χ0v) is 14.4. The highest BCUT2D eigenvalue weighted by atomic mass is 127. The molecule has 3 nitrogen and oxygen atoms in total. The molecule has 0 aliphatic carbocycles. The average Bonchev–Trinajstić information content (AvgIpc) is 2.57. The quantitative estimate of drug-likeness (QED) is 0.358. The lowest BCUT2D eigenvalue weighted by Crippen LogP contribution is -2.11. The van der Waals surface area contributed by atoms with Gasteiger partial charge >= 0.3 is 5.97 Å². The number of halogens is 1. The first-order valence-electron chi connectivity index (χ1n) is 7.16.